The average molecular weight is 363 g/mol. The van der Waals surface area contributed by atoms with Gasteiger partial charge in [-0.3, -0.25) is 14.3 Å². The molecule has 0 aromatic carbocycles. The number of rotatable bonds is 5. The average Bonchev–Trinajstić information content (AvgIpc) is 3.17. The molecule has 9 heteroatoms. The molecule has 0 amide bonds. The number of aromatic amines is 1. The Kier molecular flexibility index (Phi) is 4.54. The molecule has 0 aliphatic carbocycles. The summed E-state index contributed by atoms with van der Waals surface area (Å²) in [6.45, 7) is 2.62. The van der Waals surface area contributed by atoms with E-state index in [9.17, 15) is 9.59 Å². The minimum Gasteiger partial charge on any atom is -0.383 e. The summed E-state index contributed by atoms with van der Waals surface area (Å²) in [6, 6.07) is 4.01. The Morgan fingerprint density at radius 2 is 2.17 bits per heavy atom. The summed E-state index contributed by atoms with van der Waals surface area (Å²) in [5.74, 6) is 0.169. The van der Waals surface area contributed by atoms with Crippen molar-refractivity contribution in [3.8, 4) is 9.88 Å². The fraction of sp³-hybridized carbons (Fsp3) is 0.267. The van der Waals surface area contributed by atoms with Crippen LogP contribution in [0.15, 0.2) is 32.5 Å². The topological polar surface area (TPSA) is 97.0 Å². The maximum absolute atomic E-state index is 12.1. The minimum absolute atomic E-state index is 0.169. The van der Waals surface area contributed by atoms with Crippen LogP contribution in [0.25, 0.3) is 9.88 Å². The Bertz CT molecular complexity index is 955. The van der Waals surface area contributed by atoms with E-state index in [0.717, 1.165) is 15.6 Å². The molecule has 0 saturated heterocycles. The van der Waals surface area contributed by atoms with Gasteiger partial charge in [-0.25, -0.2) is 9.78 Å². The van der Waals surface area contributed by atoms with Gasteiger partial charge in [0.1, 0.15) is 16.5 Å². The molecule has 0 aliphatic rings. The molecule has 0 aliphatic heterocycles. The van der Waals surface area contributed by atoms with E-state index in [4.69, 9.17) is 5.73 Å². The molecule has 3 aromatic heterocycles. The largest absolute Gasteiger partial charge is 0.383 e. The Balaban J connectivity index is 1.90. The number of H-pyrrole nitrogens is 1. The highest BCUT2D eigenvalue weighted by Crippen LogP contribution is 2.28. The monoisotopic (exact) mass is 363 g/mol. The molecular weight excluding hydrogens is 346 g/mol. The number of thiophene rings is 1. The second-order valence-electron chi connectivity index (χ2n) is 5.21. The molecule has 0 bridgehead atoms. The zero-order chi connectivity index (χ0) is 17.3. The van der Waals surface area contributed by atoms with E-state index >= 15 is 0 Å². The Morgan fingerprint density at radius 1 is 1.38 bits per heavy atom. The number of hydrogen-bond donors (Lipinski definition) is 2. The highest BCUT2D eigenvalue weighted by molar-refractivity contribution is 7.20. The quantitative estimate of drug-likeness (QED) is 0.722. The van der Waals surface area contributed by atoms with E-state index in [1.807, 2.05) is 22.9 Å². The number of anilines is 2. The van der Waals surface area contributed by atoms with Crippen molar-refractivity contribution in [1.29, 1.82) is 0 Å². The third-order valence-corrected chi connectivity index (χ3v) is 5.53. The second kappa shape index (κ2) is 6.62. The smallest absolute Gasteiger partial charge is 0.330 e. The number of nitrogen functional groups attached to an aromatic ring is 1. The fourth-order valence-electron chi connectivity index (χ4n) is 2.48. The first-order chi connectivity index (χ1) is 11.5. The van der Waals surface area contributed by atoms with Crippen LogP contribution in [-0.2, 0) is 13.1 Å². The van der Waals surface area contributed by atoms with Gasteiger partial charge in [-0.2, -0.15) is 0 Å². The van der Waals surface area contributed by atoms with Gasteiger partial charge in [0.2, 0.25) is 0 Å². The molecule has 0 unspecified atom stereocenters. The lowest BCUT2D eigenvalue weighted by Gasteiger charge is -2.20. The highest BCUT2D eigenvalue weighted by Gasteiger charge is 2.17. The summed E-state index contributed by atoms with van der Waals surface area (Å²) in [5, 5.41) is 4.93. The summed E-state index contributed by atoms with van der Waals surface area (Å²) in [7, 11) is 1.76. The van der Waals surface area contributed by atoms with Gasteiger partial charge in [0.15, 0.2) is 0 Å². The van der Waals surface area contributed by atoms with Crippen LogP contribution in [0.2, 0.25) is 0 Å². The van der Waals surface area contributed by atoms with Crippen LogP contribution in [-0.4, -0.2) is 21.6 Å². The summed E-state index contributed by atoms with van der Waals surface area (Å²) >= 11 is 3.20. The van der Waals surface area contributed by atoms with Crippen molar-refractivity contribution >= 4 is 34.2 Å². The first-order valence-corrected chi connectivity index (χ1v) is 9.09. The van der Waals surface area contributed by atoms with Crippen LogP contribution in [0, 0.1) is 0 Å². The van der Waals surface area contributed by atoms with Crippen molar-refractivity contribution in [2.24, 2.45) is 0 Å². The van der Waals surface area contributed by atoms with E-state index in [1.54, 1.807) is 41.5 Å². The number of nitrogens with one attached hydrogen (secondary N) is 1. The lowest BCUT2D eigenvalue weighted by Crippen LogP contribution is -2.36. The molecule has 24 heavy (non-hydrogen) atoms. The Labute approximate surface area is 146 Å². The summed E-state index contributed by atoms with van der Waals surface area (Å²) in [5.41, 5.74) is 6.16. The van der Waals surface area contributed by atoms with E-state index < -0.39 is 11.2 Å². The predicted molar refractivity (Wildman–Crippen MR) is 98.9 cm³/mol. The van der Waals surface area contributed by atoms with Crippen molar-refractivity contribution < 1.29 is 0 Å². The number of thiazole rings is 1. The molecule has 126 valence electrons. The minimum atomic E-state index is -0.495. The van der Waals surface area contributed by atoms with Crippen LogP contribution >= 0.6 is 22.7 Å². The van der Waals surface area contributed by atoms with Crippen molar-refractivity contribution in [2.75, 3.05) is 17.7 Å². The Hall–Kier alpha value is -2.39. The molecule has 7 nitrogen and oxygen atoms in total. The van der Waals surface area contributed by atoms with Crippen molar-refractivity contribution in [1.82, 2.24) is 14.5 Å². The number of nitrogens with two attached hydrogens (primary N) is 1. The predicted octanol–water partition coefficient (Wildman–Crippen LogP) is 1.96. The number of hydrogen-bond acceptors (Lipinski definition) is 7. The van der Waals surface area contributed by atoms with E-state index in [0.29, 0.717) is 13.1 Å². The zero-order valence-corrected chi connectivity index (χ0v) is 14.9. The van der Waals surface area contributed by atoms with Gasteiger partial charge in [-0.1, -0.05) is 6.07 Å². The van der Waals surface area contributed by atoms with Crippen molar-refractivity contribution in [2.45, 2.75) is 20.0 Å². The summed E-state index contributed by atoms with van der Waals surface area (Å²) < 4.78 is 1.34. The molecule has 0 fully saturated rings. The van der Waals surface area contributed by atoms with Gasteiger partial charge in [0, 0.05) is 19.0 Å². The van der Waals surface area contributed by atoms with Gasteiger partial charge >= 0.3 is 5.69 Å². The molecule has 0 atom stereocenters. The highest BCUT2D eigenvalue weighted by atomic mass is 32.1. The third-order valence-electron chi connectivity index (χ3n) is 3.59. The maximum Gasteiger partial charge on any atom is 0.330 e. The van der Waals surface area contributed by atoms with Crippen LogP contribution in [0.4, 0.5) is 11.5 Å². The number of nitrogens with zero attached hydrogens (tertiary/aromatic N) is 3. The molecule has 0 spiro atoms. The maximum atomic E-state index is 12.1. The van der Waals surface area contributed by atoms with Crippen molar-refractivity contribution in [3.05, 3.63) is 49.4 Å². The normalized spacial score (nSPS) is 10.9. The molecule has 3 aromatic rings. The van der Waals surface area contributed by atoms with Crippen LogP contribution in [0.5, 0.6) is 0 Å². The van der Waals surface area contributed by atoms with Crippen LogP contribution in [0.3, 0.4) is 0 Å². The molecular formula is C15H17N5O2S2. The van der Waals surface area contributed by atoms with E-state index in [2.05, 4.69) is 9.97 Å². The van der Waals surface area contributed by atoms with Gasteiger partial charge in [-0.05, 0) is 18.4 Å². The first kappa shape index (κ1) is 16.5. The van der Waals surface area contributed by atoms with Gasteiger partial charge < -0.3 is 10.6 Å². The second-order valence-corrected chi connectivity index (χ2v) is 7.02. The number of aromatic nitrogens is 3. The zero-order valence-electron chi connectivity index (χ0n) is 13.3. The van der Waals surface area contributed by atoms with Crippen molar-refractivity contribution in [3.63, 3.8) is 0 Å². The lowest BCUT2D eigenvalue weighted by molar-refractivity contribution is 0.699. The summed E-state index contributed by atoms with van der Waals surface area (Å²) in [4.78, 5) is 33.6. The van der Waals surface area contributed by atoms with Gasteiger partial charge in [0.05, 0.1) is 17.1 Å². The molecule has 0 saturated carbocycles. The molecule has 3 rings (SSSR count). The third kappa shape index (κ3) is 3.00. The molecule has 3 heterocycles. The molecule has 3 N–H and O–H groups in total. The fourth-order valence-corrected chi connectivity index (χ4v) is 4.10. The van der Waals surface area contributed by atoms with E-state index in [-0.39, 0.29) is 11.5 Å². The van der Waals surface area contributed by atoms with Gasteiger partial charge in [0.25, 0.3) is 5.56 Å². The summed E-state index contributed by atoms with van der Waals surface area (Å²) in [6.07, 6.45) is 0. The van der Waals surface area contributed by atoms with Crippen LogP contribution in [0.1, 0.15) is 12.6 Å². The lowest BCUT2D eigenvalue weighted by atomic mass is 10.3. The standard InChI is InChI=1S/C15H17N5O2S2/c1-3-20-12(16)11(13(21)18-15(20)22)19(2)7-9-8-24-14(17-9)10-5-4-6-23-10/h4-6,8H,3,7,16H2,1-2H3,(H,18,21,22). The Morgan fingerprint density at radius 3 is 2.83 bits per heavy atom. The van der Waals surface area contributed by atoms with Gasteiger partial charge in [-0.15, -0.1) is 22.7 Å². The van der Waals surface area contributed by atoms with E-state index in [1.165, 1.54) is 4.57 Å². The molecule has 0 radical (unpaired) electrons. The SMILES string of the molecule is CCn1c(N)c(N(C)Cc2csc(-c3cccs3)n2)c(=O)[nH]c1=O. The first-order valence-electron chi connectivity index (χ1n) is 7.33. The van der Waals surface area contributed by atoms with Crippen LogP contribution < -0.4 is 21.9 Å².